The zero-order chi connectivity index (χ0) is 7.82. The molecule has 0 spiro atoms. The van der Waals surface area contributed by atoms with Crippen LogP contribution < -0.4 is 6.15 Å². The number of hydrogen-bond donors (Lipinski definition) is 1. The molecule has 0 saturated heterocycles. The predicted octanol–water partition coefficient (Wildman–Crippen LogP) is 3.94. The van der Waals surface area contributed by atoms with Crippen LogP contribution in [0, 0.1) is 5.92 Å². The maximum absolute atomic E-state index is 3.70. The molecule has 3 N–H and O–H groups in total. The van der Waals surface area contributed by atoms with Gasteiger partial charge < -0.3 is 6.15 Å². The Balaban J connectivity index is 0. The first-order chi connectivity index (χ1) is 4.81. The van der Waals surface area contributed by atoms with E-state index in [9.17, 15) is 0 Å². The molecule has 1 atom stereocenters. The van der Waals surface area contributed by atoms with Gasteiger partial charge >= 0.3 is 0 Å². The van der Waals surface area contributed by atoms with Gasteiger partial charge in [0.05, 0.1) is 0 Å². The van der Waals surface area contributed by atoms with Crippen molar-refractivity contribution in [2.45, 2.75) is 46.0 Å². The topological polar surface area (TPSA) is 35.0 Å². The summed E-state index contributed by atoms with van der Waals surface area (Å²) >= 11 is 0. The van der Waals surface area contributed by atoms with Crippen molar-refractivity contribution in [3.8, 4) is 0 Å². The second-order valence-corrected chi connectivity index (χ2v) is 3.09. The van der Waals surface area contributed by atoms with Gasteiger partial charge in [0, 0.05) is 0 Å². The van der Waals surface area contributed by atoms with Crippen molar-refractivity contribution in [1.29, 1.82) is 0 Å². The van der Waals surface area contributed by atoms with Gasteiger partial charge in [-0.1, -0.05) is 39.2 Å². The van der Waals surface area contributed by atoms with E-state index in [0.717, 1.165) is 5.92 Å². The minimum Gasteiger partial charge on any atom is -0.344 e. The van der Waals surface area contributed by atoms with Gasteiger partial charge in [-0.15, -0.1) is 6.58 Å². The molecule has 0 bridgehead atoms. The summed E-state index contributed by atoms with van der Waals surface area (Å²) in [7, 11) is 0. The molecule has 0 radical (unpaired) electrons. The van der Waals surface area contributed by atoms with Gasteiger partial charge in [0.1, 0.15) is 0 Å². The average molecular weight is 157 g/mol. The van der Waals surface area contributed by atoms with E-state index in [1.54, 1.807) is 0 Å². The molecule has 0 saturated carbocycles. The summed E-state index contributed by atoms with van der Waals surface area (Å²) in [5, 5.41) is 0. The van der Waals surface area contributed by atoms with Crippen LogP contribution in [0.15, 0.2) is 12.7 Å². The summed E-state index contributed by atoms with van der Waals surface area (Å²) < 4.78 is 0. The first-order valence-electron chi connectivity index (χ1n) is 4.42. The molecule has 0 aliphatic carbocycles. The Bertz CT molecular complexity index is 78.9. The third kappa shape index (κ3) is 9.70. The largest absolute Gasteiger partial charge is 0.344 e. The highest BCUT2D eigenvalue weighted by atomic mass is 14.0. The molecule has 0 aliphatic rings. The van der Waals surface area contributed by atoms with Crippen LogP contribution in [0.2, 0.25) is 0 Å². The predicted molar refractivity (Wildman–Crippen MR) is 53.1 cm³/mol. The quantitative estimate of drug-likeness (QED) is 0.460. The molecule has 0 rings (SSSR count). The Morgan fingerprint density at radius 1 is 1.36 bits per heavy atom. The van der Waals surface area contributed by atoms with Crippen molar-refractivity contribution in [2.24, 2.45) is 5.92 Å². The van der Waals surface area contributed by atoms with Crippen LogP contribution >= 0.6 is 0 Å². The van der Waals surface area contributed by atoms with E-state index in [0.29, 0.717) is 0 Å². The van der Waals surface area contributed by atoms with Gasteiger partial charge in [0.2, 0.25) is 0 Å². The minimum absolute atomic E-state index is 0. The van der Waals surface area contributed by atoms with Crippen molar-refractivity contribution in [3.05, 3.63) is 12.7 Å². The Labute approximate surface area is 71.5 Å². The van der Waals surface area contributed by atoms with Crippen LogP contribution in [-0.4, -0.2) is 0 Å². The molecule has 1 unspecified atom stereocenters. The molecule has 11 heavy (non-hydrogen) atoms. The molecule has 0 heterocycles. The summed E-state index contributed by atoms with van der Waals surface area (Å²) in [6.07, 6.45) is 8.63. The van der Waals surface area contributed by atoms with Gasteiger partial charge in [-0.25, -0.2) is 0 Å². The minimum atomic E-state index is 0. The van der Waals surface area contributed by atoms with Crippen molar-refractivity contribution < 1.29 is 0 Å². The molecule has 0 aromatic carbocycles. The summed E-state index contributed by atoms with van der Waals surface area (Å²) in [4.78, 5) is 0. The van der Waals surface area contributed by atoms with Crippen molar-refractivity contribution >= 4 is 0 Å². The van der Waals surface area contributed by atoms with Crippen LogP contribution in [0.3, 0.4) is 0 Å². The molecule has 0 fully saturated rings. The third-order valence-corrected chi connectivity index (χ3v) is 2.05. The summed E-state index contributed by atoms with van der Waals surface area (Å²) in [6, 6.07) is 0. The lowest BCUT2D eigenvalue weighted by molar-refractivity contribution is 0.486. The first kappa shape index (κ1) is 13.3. The normalized spacial score (nSPS) is 11.8. The van der Waals surface area contributed by atoms with Gasteiger partial charge in [-0.05, 0) is 18.8 Å². The van der Waals surface area contributed by atoms with E-state index in [1.165, 1.54) is 32.1 Å². The highest BCUT2D eigenvalue weighted by Gasteiger charge is 1.96. The molecular weight excluding hydrogens is 134 g/mol. The van der Waals surface area contributed by atoms with Gasteiger partial charge in [0.25, 0.3) is 0 Å². The zero-order valence-electron chi connectivity index (χ0n) is 8.10. The summed E-state index contributed by atoms with van der Waals surface area (Å²) in [6.45, 7) is 8.29. The Morgan fingerprint density at radius 2 is 2.00 bits per heavy atom. The van der Waals surface area contributed by atoms with Gasteiger partial charge in [-0.3, -0.25) is 0 Å². The fourth-order valence-corrected chi connectivity index (χ4v) is 0.986. The Hall–Kier alpha value is -0.300. The monoisotopic (exact) mass is 157 g/mol. The van der Waals surface area contributed by atoms with Crippen LogP contribution in [-0.2, 0) is 0 Å². The average Bonchev–Trinajstić information content (AvgIpc) is 1.98. The molecule has 0 aromatic heterocycles. The second-order valence-electron chi connectivity index (χ2n) is 3.09. The molecule has 0 aromatic rings. The SMILES string of the molecule is C=CCCCCC(C)CC.N. The van der Waals surface area contributed by atoms with Crippen LogP contribution in [0.4, 0.5) is 0 Å². The van der Waals surface area contributed by atoms with E-state index in [-0.39, 0.29) is 6.15 Å². The second kappa shape index (κ2) is 9.70. The van der Waals surface area contributed by atoms with Crippen LogP contribution in [0.1, 0.15) is 46.0 Å². The highest BCUT2D eigenvalue weighted by Crippen LogP contribution is 2.11. The molecule has 1 nitrogen and oxygen atoms in total. The Kier molecular flexibility index (Phi) is 11.7. The van der Waals surface area contributed by atoms with E-state index >= 15 is 0 Å². The number of unbranched alkanes of at least 4 members (excludes halogenated alkanes) is 2. The molecule has 1 heteroatoms. The number of allylic oxidation sites excluding steroid dienone is 1. The number of hydrogen-bond acceptors (Lipinski definition) is 1. The van der Waals surface area contributed by atoms with E-state index in [1.807, 2.05) is 6.08 Å². The van der Waals surface area contributed by atoms with Gasteiger partial charge in [-0.2, -0.15) is 0 Å². The van der Waals surface area contributed by atoms with E-state index < -0.39 is 0 Å². The standard InChI is InChI=1S/C10H20.H3N/c1-4-6-7-8-9-10(3)5-2;/h4,10H,1,5-9H2,2-3H3;1H3. The maximum atomic E-state index is 3.70. The van der Waals surface area contributed by atoms with E-state index in [4.69, 9.17) is 0 Å². The summed E-state index contributed by atoms with van der Waals surface area (Å²) in [5.74, 6) is 0.921. The van der Waals surface area contributed by atoms with E-state index in [2.05, 4.69) is 20.4 Å². The maximum Gasteiger partial charge on any atom is -0.0353 e. The molecular formula is C10H23N. The number of rotatable bonds is 6. The lowest BCUT2D eigenvalue weighted by atomic mass is 10.0. The third-order valence-electron chi connectivity index (χ3n) is 2.05. The van der Waals surface area contributed by atoms with Crippen molar-refractivity contribution in [1.82, 2.24) is 6.15 Å². The molecule has 0 aliphatic heterocycles. The van der Waals surface area contributed by atoms with Gasteiger partial charge in [0.15, 0.2) is 0 Å². The lowest BCUT2D eigenvalue weighted by Gasteiger charge is -2.05. The molecule has 0 amide bonds. The highest BCUT2D eigenvalue weighted by molar-refractivity contribution is 4.65. The van der Waals surface area contributed by atoms with Crippen LogP contribution in [0.25, 0.3) is 0 Å². The lowest BCUT2D eigenvalue weighted by Crippen LogP contribution is -1.90. The fraction of sp³-hybridized carbons (Fsp3) is 0.800. The van der Waals surface area contributed by atoms with Crippen molar-refractivity contribution in [3.63, 3.8) is 0 Å². The van der Waals surface area contributed by atoms with Crippen molar-refractivity contribution in [2.75, 3.05) is 0 Å². The summed E-state index contributed by atoms with van der Waals surface area (Å²) in [5.41, 5.74) is 0. The fourth-order valence-electron chi connectivity index (χ4n) is 0.986. The zero-order valence-corrected chi connectivity index (χ0v) is 8.10. The Morgan fingerprint density at radius 3 is 2.45 bits per heavy atom. The molecule has 68 valence electrons. The van der Waals surface area contributed by atoms with Crippen LogP contribution in [0.5, 0.6) is 0 Å². The first-order valence-corrected chi connectivity index (χ1v) is 4.42. The smallest absolute Gasteiger partial charge is 0.0353 e.